The molecule has 0 radical (unpaired) electrons. The smallest absolute Gasteiger partial charge is 0.259 e. The maximum atomic E-state index is 12.4. The van der Waals surface area contributed by atoms with Crippen LogP contribution >= 0.6 is 11.3 Å². The minimum atomic E-state index is -0.139. The Balaban J connectivity index is 1.64. The van der Waals surface area contributed by atoms with Crippen LogP contribution in [0.3, 0.4) is 0 Å². The molecule has 0 aliphatic carbocycles. The highest BCUT2D eigenvalue weighted by molar-refractivity contribution is 7.14. The fourth-order valence-electron chi connectivity index (χ4n) is 2.28. The van der Waals surface area contributed by atoms with Crippen molar-refractivity contribution in [2.45, 2.75) is 6.42 Å². The number of rotatable bonds is 5. The highest BCUT2D eigenvalue weighted by atomic mass is 32.1. The highest BCUT2D eigenvalue weighted by Gasteiger charge is 2.17. The van der Waals surface area contributed by atoms with E-state index in [4.69, 9.17) is 0 Å². The van der Waals surface area contributed by atoms with Crippen LogP contribution in [0.5, 0.6) is 0 Å². The lowest BCUT2D eigenvalue weighted by molar-refractivity contribution is -0.115. The summed E-state index contributed by atoms with van der Waals surface area (Å²) in [7, 11) is 1.68. The molecule has 126 valence electrons. The zero-order valence-electron chi connectivity index (χ0n) is 13.7. The van der Waals surface area contributed by atoms with Crippen molar-refractivity contribution in [1.29, 1.82) is 0 Å². The molecule has 1 aromatic heterocycles. The van der Waals surface area contributed by atoms with Gasteiger partial charge in [-0.05, 0) is 24.3 Å². The zero-order valence-corrected chi connectivity index (χ0v) is 14.5. The van der Waals surface area contributed by atoms with Gasteiger partial charge < -0.3 is 5.32 Å². The Kier molecular flexibility index (Phi) is 5.20. The largest absolute Gasteiger partial charge is 0.326 e. The Bertz CT molecular complexity index is 863. The van der Waals surface area contributed by atoms with Gasteiger partial charge in [0.05, 0.1) is 12.1 Å². The number of carbonyl (C=O) groups is 2. The van der Waals surface area contributed by atoms with E-state index in [9.17, 15) is 9.59 Å². The Labute approximate surface area is 149 Å². The first-order valence-corrected chi connectivity index (χ1v) is 8.64. The predicted molar refractivity (Wildman–Crippen MR) is 100 cm³/mol. The van der Waals surface area contributed by atoms with Crippen LogP contribution in [0.2, 0.25) is 0 Å². The van der Waals surface area contributed by atoms with Crippen molar-refractivity contribution < 1.29 is 9.59 Å². The summed E-state index contributed by atoms with van der Waals surface area (Å²) >= 11 is 1.34. The lowest BCUT2D eigenvalue weighted by Gasteiger charge is -2.13. The summed E-state index contributed by atoms with van der Waals surface area (Å²) in [5, 5.41) is 5.19. The van der Waals surface area contributed by atoms with E-state index in [1.165, 1.54) is 16.2 Å². The van der Waals surface area contributed by atoms with Crippen molar-refractivity contribution in [3.63, 3.8) is 0 Å². The molecule has 0 bridgehead atoms. The van der Waals surface area contributed by atoms with Gasteiger partial charge in [-0.3, -0.25) is 14.5 Å². The summed E-state index contributed by atoms with van der Waals surface area (Å²) in [4.78, 5) is 30.4. The second kappa shape index (κ2) is 7.72. The van der Waals surface area contributed by atoms with Gasteiger partial charge in [-0.1, -0.05) is 36.4 Å². The number of hydrogen-bond donors (Lipinski definition) is 1. The molecule has 25 heavy (non-hydrogen) atoms. The highest BCUT2D eigenvalue weighted by Crippen LogP contribution is 2.21. The fourth-order valence-corrected chi connectivity index (χ4v) is 3.07. The third-order valence-electron chi connectivity index (χ3n) is 3.55. The van der Waals surface area contributed by atoms with Crippen molar-refractivity contribution in [3.05, 3.63) is 77.3 Å². The molecule has 0 aliphatic rings. The zero-order chi connectivity index (χ0) is 17.6. The van der Waals surface area contributed by atoms with Gasteiger partial charge in [-0.25, -0.2) is 4.98 Å². The molecule has 2 aromatic carbocycles. The monoisotopic (exact) mass is 351 g/mol. The number of aromatic nitrogens is 1. The number of benzene rings is 2. The Morgan fingerprint density at radius 3 is 2.36 bits per heavy atom. The number of thiazole rings is 1. The first kappa shape index (κ1) is 16.9. The van der Waals surface area contributed by atoms with Gasteiger partial charge >= 0.3 is 0 Å². The molecule has 0 unspecified atom stereocenters. The van der Waals surface area contributed by atoms with Crippen LogP contribution in [0, 0.1) is 0 Å². The van der Waals surface area contributed by atoms with Gasteiger partial charge in [0.25, 0.3) is 5.91 Å². The first-order chi connectivity index (χ1) is 12.1. The van der Waals surface area contributed by atoms with Crippen molar-refractivity contribution in [2.24, 2.45) is 0 Å². The van der Waals surface area contributed by atoms with E-state index < -0.39 is 0 Å². The quantitative estimate of drug-likeness (QED) is 0.764. The van der Waals surface area contributed by atoms with E-state index in [1.807, 2.05) is 48.5 Å². The van der Waals surface area contributed by atoms with Crippen LogP contribution in [0.15, 0.2) is 66.0 Å². The molecular weight excluding hydrogens is 334 g/mol. The van der Waals surface area contributed by atoms with E-state index >= 15 is 0 Å². The predicted octanol–water partition coefficient (Wildman–Crippen LogP) is 3.60. The number of nitrogens with one attached hydrogen (secondary N) is 1. The first-order valence-electron chi connectivity index (χ1n) is 7.76. The number of para-hydroxylation sites is 1. The van der Waals surface area contributed by atoms with E-state index in [2.05, 4.69) is 10.3 Å². The molecule has 1 N–H and O–H groups in total. The van der Waals surface area contributed by atoms with Crippen LogP contribution in [0.1, 0.15) is 16.1 Å². The number of nitrogens with zero attached hydrogens (tertiary/aromatic N) is 2. The molecule has 0 aliphatic heterocycles. The van der Waals surface area contributed by atoms with Crippen LogP contribution < -0.4 is 10.2 Å². The Morgan fingerprint density at radius 1 is 1.04 bits per heavy atom. The van der Waals surface area contributed by atoms with Crippen LogP contribution in [0.25, 0.3) is 0 Å². The normalized spacial score (nSPS) is 10.3. The lowest BCUT2D eigenvalue weighted by Crippen LogP contribution is -2.26. The topological polar surface area (TPSA) is 62.3 Å². The second-order valence-electron chi connectivity index (χ2n) is 5.44. The molecule has 0 saturated heterocycles. The van der Waals surface area contributed by atoms with Gasteiger partial charge in [-0.15, -0.1) is 11.3 Å². The maximum Gasteiger partial charge on any atom is 0.259 e. The SMILES string of the molecule is CN(C(=O)c1ccccc1)c1nc(CC(=O)Nc2ccccc2)cs1. The van der Waals surface area contributed by atoms with Crippen molar-refractivity contribution in [1.82, 2.24) is 4.98 Å². The van der Waals surface area contributed by atoms with Gasteiger partial charge in [-0.2, -0.15) is 0 Å². The average Bonchev–Trinajstić information content (AvgIpc) is 3.10. The Morgan fingerprint density at radius 2 is 1.68 bits per heavy atom. The number of carbonyl (C=O) groups excluding carboxylic acids is 2. The maximum absolute atomic E-state index is 12.4. The molecule has 1 heterocycles. The van der Waals surface area contributed by atoms with Crippen molar-refractivity contribution in [3.8, 4) is 0 Å². The molecule has 0 spiro atoms. The minimum Gasteiger partial charge on any atom is -0.326 e. The fraction of sp³-hybridized carbons (Fsp3) is 0.105. The van der Waals surface area contributed by atoms with Crippen LogP contribution in [-0.2, 0) is 11.2 Å². The number of hydrogen-bond acceptors (Lipinski definition) is 4. The van der Waals surface area contributed by atoms with Gasteiger partial charge in [0.15, 0.2) is 5.13 Å². The van der Waals surface area contributed by atoms with E-state index in [0.29, 0.717) is 16.4 Å². The van der Waals surface area contributed by atoms with Crippen LogP contribution in [-0.4, -0.2) is 23.8 Å². The third kappa shape index (κ3) is 4.30. The molecule has 0 fully saturated rings. The summed E-state index contributed by atoms with van der Waals surface area (Å²) < 4.78 is 0. The van der Waals surface area contributed by atoms with Crippen molar-refractivity contribution >= 4 is 34.0 Å². The summed E-state index contributed by atoms with van der Waals surface area (Å²) in [5.74, 6) is -0.268. The van der Waals surface area contributed by atoms with Crippen LogP contribution in [0.4, 0.5) is 10.8 Å². The molecule has 0 saturated carbocycles. The number of amides is 2. The molecule has 3 rings (SSSR count). The lowest BCUT2D eigenvalue weighted by atomic mass is 10.2. The van der Waals surface area contributed by atoms with E-state index in [0.717, 1.165) is 5.69 Å². The molecule has 5 nitrogen and oxygen atoms in total. The Hall–Kier alpha value is -2.99. The molecule has 6 heteroatoms. The molecule has 2 amide bonds. The van der Waals surface area contributed by atoms with E-state index in [1.54, 1.807) is 24.6 Å². The molecular formula is C19H17N3O2S. The molecule has 3 aromatic rings. The summed E-state index contributed by atoms with van der Waals surface area (Å²) in [6, 6.07) is 18.3. The van der Waals surface area contributed by atoms with Crippen molar-refractivity contribution in [2.75, 3.05) is 17.3 Å². The standard InChI is InChI=1S/C19H17N3O2S/c1-22(18(24)14-8-4-2-5-9-14)19-21-16(13-25-19)12-17(23)20-15-10-6-3-7-11-15/h2-11,13H,12H2,1H3,(H,20,23). The van der Waals surface area contributed by atoms with Gasteiger partial charge in [0.2, 0.25) is 5.91 Å². The number of anilines is 2. The van der Waals surface area contributed by atoms with Gasteiger partial charge in [0.1, 0.15) is 0 Å². The average molecular weight is 351 g/mol. The summed E-state index contributed by atoms with van der Waals surface area (Å²) in [6.07, 6.45) is 0.165. The summed E-state index contributed by atoms with van der Waals surface area (Å²) in [6.45, 7) is 0. The summed E-state index contributed by atoms with van der Waals surface area (Å²) in [5.41, 5.74) is 1.99. The minimum absolute atomic E-state index is 0.129. The third-order valence-corrected chi connectivity index (χ3v) is 4.52. The second-order valence-corrected chi connectivity index (χ2v) is 6.28. The van der Waals surface area contributed by atoms with E-state index in [-0.39, 0.29) is 18.2 Å². The van der Waals surface area contributed by atoms with Gasteiger partial charge in [0, 0.05) is 23.7 Å². The molecule has 0 atom stereocenters.